The maximum absolute atomic E-state index is 12.0. The van der Waals surface area contributed by atoms with Gasteiger partial charge in [0.05, 0.1) is 0 Å². The van der Waals surface area contributed by atoms with Crippen LogP contribution in [-0.4, -0.2) is 34.1 Å². The molecular weight excluding hydrogens is 204 g/mol. The maximum atomic E-state index is 12.0. The molecule has 0 spiro atoms. The summed E-state index contributed by atoms with van der Waals surface area (Å²) in [6, 6.07) is 3.19. The van der Waals surface area contributed by atoms with Crippen molar-refractivity contribution in [1.82, 2.24) is 15.1 Å². The van der Waals surface area contributed by atoms with E-state index in [9.17, 15) is 4.79 Å². The van der Waals surface area contributed by atoms with Gasteiger partial charge in [0.1, 0.15) is 5.82 Å². The van der Waals surface area contributed by atoms with Crippen LogP contribution in [0.25, 0.3) is 0 Å². The van der Waals surface area contributed by atoms with Crippen molar-refractivity contribution in [2.75, 3.05) is 18.8 Å². The lowest BCUT2D eigenvalue weighted by Crippen LogP contribution is -2.34. The van der Waals surface area contributed by atoms with Crippen LogP contribution in [0, 0.1) is 5.92 Å². The molecule has 1 aromatic rings. The van der Waals surface area contributed by atoms with Crippen molar-refractivity contribution < 1.29 is 4.79 Å². The zero-order chi connectivity index (χ0) is 12.1. The van der Waals surface area contributed by atoms with E-state index in [0.29, 0.717) is 24.0 Å². The van der Waals surface area contributed by atoms with Gasteiger partial charge >= 0.3 is 0 Å². The number of nitrogens with zero attached hydrogens (tertiary/aromatic N) is 3. The first-order valence-corrected chi connectivity index (χ1v) is 5.43. The molecule has 88 valence electrons. The zero-order valence-corrected chi connectivity index (χ0v) is 9.97. The summed E-state index contributed by atoms with van der Waals surface area (Å²) in [4.78, 5) is 13.8. The van der Waals surface area contributed by atoms with Crippen LogP contribution in [0.5, 0.6) is 0 Å². The molecule has 5 heteroatoms. The Labute approximate surface area is 95.7 Å². The summed E-state index contributed by atoms with van der Waals surface area (Å²) in [5.41, 5.74) is 5.76. The van der Waals surface area contributed by atoms with E-state index in [0.717, 1.165) is 6.54 Å². The van der Waals surface area contributed by atoms with Gasteiger partial charge in [-0.1, -0.05) is 13.8 Å². The number of nitrogen functional groups attached to an aromatic ring is 1. The van der Waals surface area contributed by atoms with Crippen LogP contribution in [0.1, 0.15) is 31.3 Å². The summed E-state index contributed by atoms with van der Waals surface area (Å²) in [5.74, 6) is 0.665. The van der Waals surface area contributed by atoms with Gasteiger partial charge in [-0.05, 0) is 25.0 Å². The number of anilines is 1. The molecule has 0 bridgehead atoms. The minimum Gasteiger partial charge on any atom is -0.382 e. The van der Waals surface area contributed by atoms with Gasteiger partial charge in [-0.15, -0.1) is 10.2 Å². The fourth-order valence-electron chi connectivity index (χ4n) is 1.42. The number of rotatable bonds is 4. The zero-order valence-electron chi connectivity index (χ0n) is 9.97. The quantitative estimate of drug-likeness (QED) is 0.830. The molecule has 0 atom stereocenters. The Morgan fingerprint density at radius 2 is 2.12 bits per heavy atom. The molecule has 0 saturated heterocycles. The fourth-order valence-corrected chi connectivity index (χ4v) is 1.42. The first kappa shape index (κ1) is 12.4. The van der Waals surface area contributed by atoms with Crippen molar-refractivity contribution in [2.45, 2.75) is 20.8 Å². The van der Waals surface area contributed by atoms with E-state index in [2.05, 4.69) is 24.0 Å². The molecule has 0 aromatic carbocycles. The van der Waals surface area contributed by atoms with Gasteiger partial charge in [0, 0.05) is 13.1 Å². The Balaban J connectivity index is 2.78. The number of amides is 1. The molecule has 1 amide bonds. The van der Waals surface area contributed by atoms with Gasteiger partial charge in [0.2, 0.25) is 0 Å². The average molecular weight is 222 g/mol. The van der Waals surface area contributed by atoms with Crippen molar-refractivity contribution in [1.29, 1.82) is 0 Å². The molecule has 1 rings (SSSR count). The number of hydrogen-bond donors (Lipinski definition) is 1. The lowest BCUT2D eigenvalue weighted by Gasteiger charge is -2.22. The van der Waals surface area contributed by atoms with Gasteiger partial charge in [0.25, 0.3) is 5.91 Å². The van der Waals surface area contributed by atoms with Gasteiger partial charge in [-0.2, -0.15) is 0 Å². The lowest BCUT2D eigenvalue weighted by atomic mass is 10.2. The lowest BCUT2D eigenvalue weighted by molar-refractivity contribution is 0.0738. The van der Waals surface area contributed by atoms with Crippen molar-refractivity contribution in [3.8, 4) is 0 Å². The molecule has 0 aliphatic rings. The molecule has 1 aromatic heterocycles. The minimum absolute atomic E-state index is 0.0938. The molecule has 0 unspecified atom stereocenters. The van der Waals surface area contributed by atoms with Crippen LogP contribution in [0.4, 0.5) is 5.82 Å². The second-order valence-corrected chi connectivity index (χ2v) is 4.08. The van der Waals surface area contributed by atoms with Crippen molar-refractivity contribution in [3.63, 3.8) is 0 Å². The van der Waals surface area contributed by atoms with Crippen LogP contribution in [-0.2, 0) is 0 Å². The van der Waals surface area contributed by atoms with Gasteiger partial charge in [0.15, 0.2) is 5.69 Å². The third-order valence-electron chi connectivity index (χ3n) is 2.16. The first-order valence-electron chi connectivity index (χ1n) is 5.43. The topological polar surface area (TPSA) is 72.1 Å². The molecule has 16 heavy (non-hydrogen) atoms. The van der Waals surface area contributed by atoms with E-state index in [1.807, 2.05) is 6.92 Å². The number of aromatic nitrogens is 2. The Kier molecular flexibility index (Phi) is 4.22. The van der Waals surface area contributed by atoms with Crippen molar-refractivity contribution >= 4 is 11.7 Å². The SMILES string of the molecule is CCN(CC(C)C)C(=O)c1ccc(N)nn1. The van der Waals surface area contributed by atoms with Crippen LogP contribution in [0.2, 0.25) is 0 Å². The highest BCUT2D eigenvalue weighted by molar-refractivity contribution is 5.92. The number of hydrogen-bond acceptors (Lipinski definition) is 4. The molecule has 0 saturated carbocycles. The highest BCUT2D eigenvalue weighted by Crippen LogP contribution is 2.05. The Bertz CT molecular complexity index is 348. The molecule has 0 fully saturated rings. The summed E-state index contributed by atoms with van der Waals surface area (Å²) >= 11 is 0. The molecule has 0 aliphatic carbocycles. The summed E-state index contributed by atoms with van der Waals surface area (Å²) in [6.45, 7) is 7.49. The number of carbonyl (C=O) groups excluding carboxylic acids is 1. The number of carbonyl (C=O) groups is 1. The molecule has 0 radical (unpaired) electrons. The second-order valence-electron chi connectivity index (χ2n) is 4.08. The third-order valence-corrected chi connectivity index (χ3v) is 2.16. The Hall–Kier alpha value is -1.65. The maximum Gasteiger partial charge on any atom is 0.274 e. The van der Waals surface area contributed by atoms with Crippen molar-refractivity contribution in [3.05, 3.63) is 17.8 Å². The smallest absolute Gasteiger partial charge is 0.274 e. The minimum atomic E-state index is -0.0938. The summed E-state index contributed by atoms with van der Waals surface area (Å²) in [5, 5.41) is 7.46. The molecule has 5 nitrogen and oxygen atoms in total. The summed E-state index contributed by atoms with van der Waals surface area (Å²) < 4.78 is 0. The Morgan fingerprint density at radius 3 is 2.56 bits per heavy atom. The normalized spacial score (nSPS) is 10.5. The van der Waals surface area contributed by atoms with Crippen LogP contribution in [0.3, 0.4) is 0 Å². The van der Waals surface area contributed by atoms with E-state index in [1.165, 1.54) is 0 Å². The summed E-state index contributed by atoms with van der Waals surface area (Å²) in [7, 11) is 0. The van der Waals surface area contributed by atoms with Gasteiger partial charge in [-0.3, -0.25) is 4.79 Å². The van der Waals surface area contributed by atoms with E-state index in [1.54, 1.807) is 17.0 Å². The van der Waals surface area contributed by atoms with Gasteiger partial charge < -0.3 is 10.6 Å². The Morgan fingerprint density at radius 1 is 1.44 bits per heavy atom. The molecule has 1 heterocycles. The highest BCUT2D eigenvalue weighted by Gasteiger charge is 2.16. The van der Waals surface area contributed by atoms with E-state index >= 15 is 0 Å². The summed E-state index contributed by atoms with van der Waals surface area (Å²) in [6.07, 6.45) is 0. The predicted molar refractivity (Wildman–Crippen MR) is 62.9 cm³/mol. The first-order chi connectivity index (χ1) is 7.54. The average Bonchev–Trinajstić information content (AvgIpc) is 2.25. The van der Waals surface area contributed by atoms with Crippen molar-refractivity contribution in [2.24, 2.45) is 5.92 Å². The molecular formula is C11H18N4O. The molecule has 2 N–H and O–H groups in total. The second kappa shape index (κ2) is 5.44. The predicted octanol–water partition coefficient (Wildman–Crippen LogP) is 1.18. The van der Waals surface area contributed by atoms with Crippen LogP contribution < -0.4 is 5.73 Å². The van der Waals surface area contributed by atoms with Crippen LogP contribution >= 0.6 is 0 Å². The van der Waals surface area contributed by atoms with Crippen LogP contribution in [0.15, 0.2) is 12.1 Å². The van der Waals surface area contributed by atoms with Gasteiger partial charge in [-0.25, -0.2) is 0 Å². The van der Waals surface area contributed by atoms with E-state index < -0.39 is 0 Å². The van der Waals surface area contributed by atoms with E-state index in [-0.39, 0.29) is 5.91 Å². The fraction of sp³-hybridized carbons (Fsp3) is 0.545. The third kappa shape index (κ3) is 3.18. The highest BCUT2D eigenvalue weighted by atomic mass is 16.2. The largest absolute Gasteiger partial charge is 0.382 e. The number of nitrogens with two attached hydrogens (primary N) is 1. The molecule has 0 aliphatic heterocycles. The van der Waals surface area contributed by atoms with E-state index in [4.69, 9.17) is 5.73 Å². The standard InChI is InChI=1S/C11H18N4O/c1-4-15(7-8(2)3)11(16)9-5-6-10(12)14-13-9/h5-6,8H,4,7H2,1-3H3,(H2,12,14). The monoisotopic (exact) mass is 222 g/mol.